The second-order valence-electron chi connectivity index (χ2n) is 6.86. The first-order valence-electron chi connectivity index (χ1n) is 9.56. The van der Waals surface area contributed by atoms with Crippen LogP contribution in [-0.4, -0.2) is 46.0 Å². The number of hydrogen-bond donors (Lipinski definition) is 0. The van der Waals surface area contributed by atoms with Gasteiger partial charge in [0, 0.05) is 43.2 Å². The molecule has 0 aliphatic carbocycles. The van der Waals surface area contributed by atoms with Crippen molar-refractivity contribution < 1.29 is 14.3 Å². The van der Waals surface area contributed by atoms with Crippen LogP contribution >= 0.6 is 0 Å². The van der Waals surface area contributed by atoms with E-state index in [0.29, 0.717) is 29.5 Å². The number of benzene rings is 1. The normalized spacial score (nSPS) is 16.3. The van der Waals surface area contributed by atoms with Gasteiger partial charge in [0.05, 0.1) is 19.0 Å². The highest BCUT2D eigenvalue weighted by molar-refractivity contribution is 5.94. The molecule has 0 bridgehead atoms. The van der Waals surface area contributed by atoms with E-state index in [-0.39, 0.29) is 11.8 Å². The van der Waals surface area contributed by atoms with E-state index in [1.54, 1.807) is 44.0 Å². The molecule has 2 aromatic heterocycles. The molecule has 0 spiro atoms. The molecular weight excluding hydrogens is 368 g/mol. The van der Waals surface area contributed by atoms with Gasteiger partial charge in [0.25, 0.3) is 5.91 Å². The number of hydrogen-bond acceptors (Lipinski definition) is 6. The average Bonchev–Trinajstić information content (AvgIpc) is 2.80. The van der Waals surface area contributed by atoms with Gasteiger partial charge >= 0.3 is 0 Å². The monoisotopic (exact) mass is 390 g/mol. The second-order valence-corrected chi connectivity index (χ2v) is 6.86. The molecule has 0 unspecified atom stereocenters. The number of piperidine rings is 1. The van der Waals surface area contributed by atoms with Gasteiger partial charge in [-0.05, 0) is 37.1 Å². The third-order valence-corrected chi connectivity index (χ3v) is 4.97. The van der Waals surface area contributed by atoms with E-state index >= 15 is 0 Å². The van der Waals surface area contributed by atoms with Gasteiger partial charge in [0.1, 0.15) is 0 Å². The van der Waals surface area contributed by atoms with Crippen molar-refractivity contribution in [2.75, 3.05) is 20.2 Å². The van der Waals surface area contributed by atoms with Gasteiger partial charge in [-0.2, -0.15) is 0 Å². The Bertz CT molecular complexity index is 981. The minimum absolute atomic E-state index is 0.0199. The summed E-state index contributed by atoms with van der Waals surface area (Å²) in [4.78, 5) is 27.6. The van der Waals surface area contributed by atoms with Crippen LogP contribution in [0.1, 0.15) is 34.8 Å². The summed E-state index contributed by atoms with van der Waals surface area (Å²) in [6.45, 7) is 1.34. The molecule has 1 saturated heterocycles. The fourth-order valence-corrected chi connectivity index (χ4v) is 3.50. The molecule has 1 atom stereocenters. The summed E-state index contributed by atoms with van der Waals surface area (Å²) in [6, 6.07) is 10.9. The van der Waals surface area contributed by atoms with Crippen molar-refractivity contribution in [1.29, 1.82) is 0 Å². The molecule has 0 N–H and O–H groups in total. The number of methoxy groups -OCH3 is 1. The third-order valence-electron chi connectivity index (χ3n) is 4.97. The average molecular weight is 390 g/mol. The van der Waals surface area contributed by atoms with Crippen molar-refractivity contribution in [2.24, 2.45) is 0 Å². The van der Waals surface area contributed by atoms with Crippen LogP contribution in [0.5, 0.6) is 17.4 Å². The number of amides is 1. The van der Waals surface area contributed by atoms with Crippen molar-refractivity contribution >= 4 is 5.91 Å². The first kappa shape index (κ1) is 18.9. The zero-order valence-corrected chi connectivity index (χ0v) is 16.2. The topological polar surface area (TPSA) is 77.4 Å². The van der Waals surface area contributed by atoms with Gasteiger partial charge in [0.2, 0.25) is 5.88 Å². The Balaban J connectivity index is 1.50. The molecule has 3 aromatic rings. The highest BCUT2D eigenvalue weighted by Gasteiger charge is 2.27. The lowest BCUT2D eigenvalue weighted by Crippen LogP contribution is -2.39. The number of pyridine rings is 1. The SMILES string of the molecule is COc1ccccc1Oc1cncc([C@H]2CCCN(C(=O)c3ccncc3)C2)n1. The fourth-order valence-electron chi connectivity index (χ4n) is 3.50. The van der Waals surface area contributed by atoms with Crippen molar-refractivity contribution in [1.82, 2.24) is 19.9 Å². The van der Waals surface area contributed by atoms with Crippen LogP contribution in [0.15, 0.2) is 61.2 Å². The minimum atomic E-state index is 0.0199. The summed E-state index contributed by atoms with van der Waals surface area (Å²) in [5, 5.41) is 0. The first-order chi connectivity index (χ1) is 14.2. The summed E-state index contributed by atoms with van der Waals surface area (Å²) < 4.78 is 11.2. The first-order valence-corrected chi connectivity index (χ1v) is 9.56. The molecule has 1 aliphatic rings. The number of carbonyl (C=O) groups is 1. The van der Waals surface area contributed by atoms with Gasteiger partial charge in [-0.15, -0.1) is 0 Å². The largest absolute Gasteiger partial charge is 0.493 e. The van der Waals surface area contributed by atoms with Gasteiger partial charge in [0.15, 0.2) is 11.5 Å². The Morgan fingerprint density at radius 2 is 1.86 bits per heavy atom. The van der Waals surface area contributed by atoms with Crippen LogP contribution in [-0.2, 0) is 0 Å². The van der Waals surface area contributed by atoms with Gasteiger partial charge in [-0.25, -0.2) is 4.98 Å². The maximum atomic E-state index is 12.8. The standard InChI is InChI=1S/C22H22N4O3/c1-28-19-6-2-3-7-20(19)29-21-14-24-13-18(25-21)17-5-4-12-26(15-17)22(27)16-8-10-23-11-9-16/h2-3,6-11,13-14,17H,4-5,12,15H2,1H3/t17-/m0/s1. The van der Waals surface area contributed by atoms with E-state index in [4.69, 9.17) is 9.47 Å². The van der Waals surface area contributed by atoms with E-state index in [0.717, 1.165) is 25.1 Å². The van der Waals surface area contributed by atoms with Gasteiger partial charge in [-0.1, -0.05) is 12.1 Å². The summed E-state index contributed by atoms with van der Waals surface area (Å²) in [5.74, 6) is 1.76. The number of carbonyl (C=O) groups excluding carboxylic acids is 1. The predicted octanol–water partition coefficient (Wildman–Crippen LogP) is 3.69. The van der Waals surface area contributed by atoms with Crippen LogP contribution < -0.4 is 9.47 Å². The van der Waals surface area contributed by atoms with Gasteiger partial charge < -0.3 is 14.4 Å². The Hall–Kier alpha value is -3.48. The molecular formula is C22H22N4O3. The summed E-state index contributed by atoms with van der Waals surface area (Å²) in [7, 11) is 1.60. The van der Waals surface area contributed by atoms with E-state index in [1.165, 1.54) is 0 Å². The predicted molar refractivity (Wildman–Crippen MR) is 107 cm³/mol. The number of aromatic nitrogens is 3. The van der Waals surface area contributed by atoms with E-state index in [2.05, 4.69) is 15.0 Å². The van der Waals surface area contributed by atoms with Crippen LogP contribution in [0, 0.1) is 0 Å². The van der Waals surface area contributed by atoms with E-state index < -0.39 is 0 Å². The molecule has 0 radical (unpaired) electrons. The van der Waals surface area contributed by atoms with Crippen LogP contribution in [0.25, 0.3) is 0 Å². The number of nitrogens with zero attached hydrogens (tertiary/aromatic N) is 4. The van der Waals surface area contributed by atoms with Crippen molar-refractivity contribution in [3.05, 3.63) is 72.4 Å². The number of para-hydroxylation sites is 2. The van der Waals surface area contributed by atoms with Gasteiger partial charge in [-0.3, -0.25) is 14.8 Å². The highest BCUT2D eigenvalue weighted by Crippen LogP contribution is 2.31. The zero-order valence-electron chi connectivity index (χ0n) is 16.2. The minimum Gasteiger partial charge on any atom is -0.493 e. The quantitative estimate of drug-likeness (QED) is 0.661. The second kappa shape index (κ2) is 8.68. The molecule has 1 amide bonds. The van der Waals surface area contributed by atoms with Crippen molar-refractivity contribution in [3.63, 3.8) is 0 Å². The van der Waals surface area contributed by atoms with Crippen LogP contribution in [0.2, 0.25) is 0 Å². The smallest absolute Gasteiger partial charge is 0.253 e. The summed E-state index contributed by atoms with van der Waals surface area (Å²) in [6.07, 6.45) is 8.48. The van der Waals surface area contributed by atoms with Crippen molar-refractivity contribution in [2.45, 2.75) is 18.8 Å². The van der Waals surface area contributed by atoms with E-state index in [9.17, 15) is 4.79 Å². The van der Waals surface area contributed by atoms with Crippen LogP contribution in [0.4, 0.5) is 0 Å². The molecule has 7 heteroatoms. The van der Waals surface area contributed by atoms with Crippen LogP contribution in [0.3, 0.4) is 0 Å². The molecule has 3 heterocycles. The number of likely N-dealkylation sites (tertiary alicyclic amines) is 1. The Morgan fingerprint density at radius 3 is 2.66 bits per heavy atom. The maximum Gasteiger partial charge on any atom is 0.253 e. The lowest BCUT2D eigenvalue weighted by Gasteiger charge is -2.32. The molecule has 29 heavy (non-hydrogen) atoms. The molecule has 4 rings (SSSR count). The Kier molecular flexibility index (Phi) is 5.65. The molecule has 1 fully saturated rings. The third kappa shape index (κ3) is 4.34. The Morgan fingerprint density at radius 1 is 1.07 bits per heavy atom. The highest BCUT2D eigenvalue weighted by atomic mass is 16.5. The van der Waals surface area contributed by atoms with Crippen molar-refractivity contribution in [3.8, 4) is 17.4 Å². The van der Waals surface area contributed by atoms with E-state index in [1.807, 2.05) is 29.2 Å². The molecule has 1 aliphatic heterocycles. The number of rotatable bonds is 5. The zero-order chi connectivity index (χ0) is 20.1. The summed E-state index contributed by atoms with van der Waals surface area (Å²) in [5.41, 5.74) is 1.48. The molecule has 148 valence electrons. The summed E-state index contributed by atoms with van der Waals surface area (Å²) >= 11 is 0. The fraction of sp³-hybridized carbons (Fsp3) is 0.273. The number of ether oxygens (including phenoxy) is 2. The molecule has 7 nitrogen and oxygen atoms in total. The molecule has 0 saturated carbocycles. The maximum absolute atomic E-state index is 12.8. The molecule has 1 aromatic carbocycles. The lowest BCUT2D eigenvalue weighted by molar-refractivity contribution is 0.0705. The lowest BCUT2D eigenvalue weighted by atomic mass is 9.94. The Labute approximate surface area is 169 Å².